The van der Waals surface area contributed by atoms with Gasteiger partial charge in [-0.25, -0.2) is 0 Å². The van der Waals surface area contributed by atoms with E-state index in [-0.39, 0.29) is 5.25 Å². The molecule has 2 nitrogen and oxygen atoms in total. The standard InChI is InChI=1S/C10H10O2S/c1-6-2-3-7-5-9(10(11)12)13-8(7)4-6/h2-4,9H,5H2,1H3,(H,11,12). The van der Waals surface area contributed by atoms with E-state index < -0.39 is 5.97 Å². The molecule has 68 valence electrons. The van der Waals surface area contributed by atoms with Gasteiger partial charge in [0, 0.05) is 4.90 Å². The topological polar surface area (TPSA) is 37.3 Å². The second-order valence-corrected chi connectivity index (χ2v) is 4.50. The highest BCUT2D eigenvalue weighted by molar-refractivity contribution is 8.01. The summed E-state index contributed by atoms with van der Waals surface area (Å²) >= 11 is 1.46. The molecule has 1 heterocycles. The van der Waals surface area contributed by atoms with Gasteiger partial charge in [0.2, 0.25) is 0 Å². The number of carbonyl (C=O) groups is 1. The van der Waals surface area contributed by atoms with Crippen LogP contribution in [-0.4, -0.2) is 16.3 Å². The third-order valence-corrected chi connectivity index (χ3v) is 3.46. The molecule has 0 aliphatic carbocycles. The van der Waals surface area contributed by atoms with Crippen molar-refractivity contribution in [1.29, 1.82) is 0 Å². The number of benzene rings is 1. The zero-order valence-corrected chi connectivity index (χ0v) is 8.10. The average molecular weight is 194 g/mol. The molecule has 0 bridgehead atoms. The number of carboxylic acids is 1. The molecule has 1 aliphatic rings. The normalized spacial score (nSPS) is 19.9. The van der Waals surface area contributed by atoms with E-state index in [4.69, 9.17) is 5.11 Å². The van der Waals surface area contributed by atoms with Gasteiger partial charge in [-0.1, -0.05) is 17.7 Å². The number of rotatable bonds is 1. The third-order valence-electron chi connectivity index (χ3n) is 2.17. The lowest BCUT2D eigenvalue weighted by atomic mass is 10.1. The number of hydrogen-bond donors (Lipinski definition) is 1. The Morgan fingerprint density at radius 2 is 2.38 bits per heavy atom. The van der Waals surface area contributed by atoms with Crippen molar-refractivity contribution in [2.75, 3.05) is 0 Å². The van der Waals surface area contributed by atoms with Crippen LogP contribution in [0.25, 0.3) is 0 Å². The molecule has 13 heavy (non-hydrogen) atoms. The Labute approximate surface area is 81.0 Å². The first-order chi connectivity index (χ1) is 6.16. The van der Waals surface area contributed by atoms with Crippen molar-refractivity contribution in [3.05, 3.63) is 29.3 Å². The minimum absolute atomic E-state index is 0.281. The summed E-state index contributed by atoms with van der Waals surface area (Å²) < 4.78 is 0. The Hall–Kier alpha value is -0.960. The van der Waals surface area contributed by atoms with Gasteiger partial charge in [0.15, 0.2) is 0 Å². The minimum Gasteiger partial charge on any atom is -0.480 e. The van der Waals surface area contributed by atoms with E-state index in [1.54, 1.807) is 0 Å². The Balaban J connectivity index is 2.30. The second kappa shape index (κ2) is 3.07. The summed E-state index contributed by atoms with van der Waals surface area (Å²) in [7, 11) is 0. The molecule has 1 aromatic carbocycles. The van der Waals surface area contributed by atoms with Crippen LogP contribution in [0.4, 0.5) is 0 Å². The lowest BCUT2D eigenvalue weighted by Crippen LogP contribution is -2.14. The fourth-order valence-corrected chi connectivity index (χ4v) is 2.70. The van der Waals surface area contributed by atoms with Crippen molar-refractivity contribution in [3.8, 4) is 0 Å². The van der Waals surface area contributed by atoms with Crippen molar-refractivity contribution in [1.82, 2.24) is 0 Å². The first kappa shape index (κ1) is 8.63. The summed E-state index contributed by atoms with van der Waals surface area (Å²) in [6, 6.07) is 6.12. The van der Waals surface area contributed by atoms with Crippen LogP contribution in [0.2, 0.25) is 0 Å². The SMILES string of the molecule is Cc1ccc2c(c1)SC(C(=O)O)C2. The molecule has 0 saturated carbocycles. The Bertz CT molecular complexity index is 360. The summed E-state index contributed by atoms with van der Waals surface area (Å²) in [6.07, 6.45) is 0.662. The van der Waals surface area contributed by atoms with Gasteiger partial charge in [-0.2, -0.15) is 0 Å². The maximum atomic E-state index is 10.7. The van der Waals surface area contributed by atoms with E-state index in [0.29, 0.717) is 6.42 Å². The van der Waals surface area contributed by atoms with Gasteiger partial charge in [-0.15, -0.1) is 11.8 Å². The molecular formula is C10H10O2S. The van der Waals surface area contributed by atoms with Crippen LogP contribution < -0.4 is 0 Å². The lowest BCUT2D eigenvalue weighted by molar-refractivity contribution is -0.136. The van der Waals surface area contributed by atoms with Crippen LogP contribution in [0.5, 0.6) is 0 Å². The van der Waals surface area contributed by atoms with Crippen molar-refractivity contribution in [3.63, 3.8) is 0 Å². The highest BCUT2D eigenvalue weighted by Gasteiger charge is 2.27. The summed E-state index contributed by atoms with van der Waals surface area (Å²) in [5.74, 6) is -0.709. The van der Waals surface area contributed by atoms with Gasteiger partial charge in [-0.05, 0) is 25.0 Å². The predicted octanol–water partition coefficient (Wildman–Crippen LogP) is 2.10. The summed E-state index contributed by atoms with van der Waals surface area (Å²) in [4.78, 5) is 11.9. The molecule has 0 amide bonds. The fourth-order valence-electron chi connectivity index (χ4n) is 1.47. The number of aryl methyl sites for hydroxylation is 1. The largest absolute Gasteiger partial charge is 0.480 e. The van der Waals surface area contributed by atoms with Gasteiger partial charge in [0.05, 0.1) is 0 Å². The Morgan fingerprint density at radius 3 is 3.08 bits per heavy atom. The molecular weight excluding hydrogens is 184 g/mol. The quantitative estimate of drug-likeness (QED) is 0.743. The van der Waals surface area contributed by atoms with E-state index in [0.717, 1.165) is 4.90 Å². The fraction of sp³-hybridized carbons (Fsp3) is 0.300. The van der Waals surface area contributed by atoms with E-state index in [2.05, 4.69) is 6.07 Å². The zero-order valence-electron chi connectivity index (χ0n) is 7.28. The molecule has 3 heteroatoms. The number of thioether (sulfide) groups is 1. The van der Waals surface area contributed by atoms with Crippen LogP contribution in [0.3, 0.4) is 0 Å². The lowest BCUT2D eigenvalue weighted by Gasteiger charge is -1.98. The minimum atomic E-state index is -0.709. The molecule has 1 N–H and O–H groups in total. The number of fused-ring (bicyclic) bond motifs is 1. The average Bonchev–Trinajstić information content (AvgIpc) is 2.46. The molecule has 1 unspecified atom stereocenters. The second-order valence-electron chi connectivity index (χ2n) is 3.26. The molecule has 0 radical (unpaired) electrons. The van der Waals surface area contributed by atoms with Crippen molar-refractivity contribution in [2.24, 2.45) is 0 Å². The Kier molecular flexibility index (Phi) is 2.04. The van der Waals surface area contributed by atoms with Gasteiger partial charge in [-0.3, -0.25) is 4.79 Å². The third kappa shape index (κ3) is 1.56. The van der Waals surface area contributed by atoms with E-state index in [1.165, 1.54) is 22.9 Å². The van der Waals surface area contributed by atoms with Gasteiger partial charge in [0.1, 0.15) is 5.25 Å². The van der Waals surface area contributed by atoms with Crippen LogP contribution in [-0.2, 0) is 11.2 Å². The maximum Gasteiger partial charge on any atom is 0.317 e. The molecule has 0 fully saturated rings. The summed E-state index contributed by atoms with van der Waals surface area (Å²) in [6.45, 7) is 2.02. The van der Waals surface area contributed by atoms with E-state index in [9.17, 15) is 4.79 Å². The van der Waals surface area contributed by atoms with Crippen molar-refractivity contribution >= 4 is 17.7 Å². The van der Waals surface area contributed by atoms with E-state index in [1.807, 2.05) is 19.1 Å². The van der Waals surface area contributed by atoms with Gasteiger partial charge >= 0.3 is 5.97 Å². The number of aliphatic carboxylic acids is 1. The summed E-state index contributed by atoms with van der Waals surface area (Å²) in [5.41, 5.74) is 2.36. The van der Waals surface area contributed by atoms with Crippen LogP contribution in [0, 0.1) is 6.92 Å². The van der Waals surface area contributed by atoms with Crippen LogP contribution in [0.15, 0.2) is 23.1 Å². The van der Waals surface area contributed by atoms with Gasteiger partial charge < -0.3 is 5.11 Å². The molecule has 1 atom stereocenters. The molecule has 1 aromatic rings. The van der Waals surface area contributed by atoms with Crippen LogP contribution in [0.1, 0.15) is 11.1 Å². The van der Waals surface area contributed by atoms with Crippen molar-refractivity contribution in [2.45, 2.75) is 23.5 Å². The number of hydrogen-bond acceptors (Lipinski definition) is 2. The molecule has 0 spiro atoms. The molecule has 0 saturated heterocycles. The first-order valence-corrected chi connectivity index (χ1v) is 5.04. The van der Waals surface area contributed by atoms with Crippen molar-refractivity contribution < 1.29 is 9.90 Å². The Morgan fingerprint density at radius 1 is 1.62 bits per heavy atom. The highest BCUT2D eigenvalue weighted by Crippen LogP contribution is 2.37. The molecule has 1 aliphatic heterocycles. The van der Waals surface area contributed by atoms with Gasteiger partial charge in [0.25, 0.3) is 0 Å². The molecule has 0 aromatic heterocycles. The monoisotopic (exact) mass is 194 g/mol. The molecule has 2 rings (SSSR count). The smallest absolute Gasteiger partial charge is 0.317 e. The van der Waals surface area contributed by atoms with E-state index >= 15 is 0 Å². The predicted molar refractivity (Wildman–Crippen MR) is 52.2 cm³/mol. The highest BCUT2D eigenvalue weighted by atomic mass is 32.2. The van der Waals surface area contributed by atoms with Crippen LogP contribution >= 0.6 is 11.8 Å². The number of carboxylic acid groups (broad SMARTS) is 1. The maximum absolute atomic E-state index is 10.7. The summed E-state index contributed by atoms with van der Waals surface area (Å²) in [5, 5.41) is 8.55. The first-order valence-electron chi connectivity index (χ1n) is 4.16. The zero-order chi connectivity index (χ0) is 9.42.